The summed E-state index contributed by atoms with van der Waals surface area (Å²) >= 11 is 0. The minimum atomic E-state index is -3.91. The van der Waals surface area contributed by atoms with Crippen LogP contribution in [0.1, 0.15) is 32.6 Å². The molecule has 3 aromatic rings. The zero-order chi connectivity index (χ0) is 21.4. The zero-order valence-corrected chi connectivity index (χ0v) is 18.4. The third-order valence-electron chi connectivity index (χ3n) is 5.22. The highest BCUT2D eigenvalue weighted by atomic mass is 31.2. The molecule has 0 radical (unpaired) electrons. The summed E-state index contributed by atoms with van der Waals surface area (Å²) in [6, 6.07) is 17.0. The molecule has 1 aromatic carbocycles. The summed E-state index contributed by atoms with van der Waals surface area (Å²) in [5, 5.41) is 0. The maximum absolute atomic E-state index is 10.9. The van der Waals surface area contributed by atoms with E-state index in [1.165, 1.54) is 30.4 Å². The van der Waals surface area contributed by atoms with Gasteiger partial charge in [-0.1, -0.05) is 37.6 Å². The Kier molecular flexibility index (Phi) is 7.92. The molecule has 0 atom stereocenters. The number of aromatic nitrogens is 2. The standard InChI is InChI=1S/C24H29N2O3P/c1-2-3-4-14-25-16-10-23(11-17-25)21-6-8-22(9-7-21)24-12-18-26(19-13-24)15-5-20-30(27,28)29/h6-13,16-19H,2-5,14-15,20H2,1H3/p+2. The second kappa shape index (κ2) is 10.6. The Morgan fingerprint density at radius 3 is 1.47 bits per heavy atom. The number of hydrogen-bond acceptors (Lipinski definition) is 1. The van der Waals surface area contributed by atoms with Gasteiger partial charge in [-0.15, -0.1) is 0 Å². The average Bonchev–Trinajstić information content (AvgIpc) is 2.74. The maximum atomic E-state index is 10.9. The van der Waals surface area contributed by atoms with Gasteiger partial charge >= 0.3 is 7.60 Å². The Bertz CT molecular complexity index is 965. The number of benzene rings is 1. The molecule has 0 unspecified atom stereocenters. The van der Waals surface area contributed by atoms with E-state index in [2.05, 4.69) is 60.3 Å². The lowest BCUT2D eigenvalue weighted by Gasteiger charge is -2.05. The predicted octanol–water partition coefficient (Wildman–Crippen LogP) is 4.35. The highest BCUT2D eigenvalue weighted by Crippen LogP contribution is 2.34. The molecule has 5 nitrogen and oxygen atoms in total. The van der Waals surface area contributed by atoms with Crippen LogP contribution in [0.25, 0.3) is 22.3 Å². The van der Waals surface area contributed by atoms with E-state index in [1.54, 1.807) is 0 Å². The van der Waals surface area contributed by atoms with Gasteiger partial charge < -0.3 is 9.79 Å². The molecule has 30 heavy (non-hydrogen) atoms. The fourth-order valence-electron chi connectivity index (χ4n) is 3.46. The Balaban J connectivity index is 1.60. The van der Waals surface area contributed by atoms with Gasteiger partial charge in [0.2, 0.25) is 0 Å². The van der Waals surface area contributed by atoms with Crippen LogP contribution >= 0.6 is 7.60 Å². The molecule has 2 aromatic heterocycles. The highest BCUT2D eigenvalue weighted by molar-refractivity contribution is 7.51. The van der Waals surface area contributed by atoms with E-state index in [-0.39, 0.29) is 6.16 Å². The molecule has 0 bridgehead atoms. The third-order valence-corrected chi connectivity index (χ3v) is 6.12. The first-order valence-corrected chi connectivity index (χ1v) is 12.4. The predicted molar refractivity (Wildman–Crippen MR) is 119 cm³/mol. The third kappa shape index (κ3) is 6.88. The molecule has 2 N–H and O–H groups in total. The molecule has 0 fully saturated rings. The van der Waals surface area contributed by atoms with Crippen molar-refractivity contribution >= 4 is 7.60 Å². The number of aryl methyl sites for hydroxylation is 2. The summed E-state index contributed by atoms with van der Waals surface area (Å²) in [7, 11) is -3.91. The van der Waals surface area contributed by atoms with Crippen LogP contribution in [0.5, 0.6) is 0 Å². The van der Waals surface area contributed by atoms with E-state index in [9.17, 15) is 4.57 Å². The monoisotopic (exact) mass is 426 g/mol. The summed E-state index contributed by atoms with van der Waals surface area (Å²) in [4.78, 5) is 17.9. The largest absolute Gasteiger partial charge is 0.325 e. The number of rotatable bonds is 10. The van der Waals surface area contributed by atoms with Crippen molar-refractivity contribution in [1.82, 2.24) is 0 Å². The van der Waals surface area contributed by atoms with Gasteiger partial charge in [-0.25, -0.2) is 9.13 Å². The summed E-state index contributed by atoms with van der Waals surface area (Å²) in [5.74, 6) is 0. The molecule has 3 rings (SSSR count). The van der Waals surface area contributed by atoms with Gasteiger partial charge in [-0.05, 0) is 28.7 Å². The van der Waals surface area contributed by atoms with E-state index >= 15 is 0 Å². The number of hydrogen-bond donors (Lipinski definition) is 2. The van der Waals surface area contributed by atoms with E-state index < -0.39 is 7.60 Å². The minimum Gasteiger partial charge on any atom is -0.324 e. The lowest BCUT2D eigenvalue weighted by Crippen LogP contribution is -2.32. The van der Waals surface area contributed by atoms with Crippen LogP contribution in [0.15, 0.2) is 73.3 Å². The van der Waals surface area contributed by atoms with E-state index in [0.29, 0.717) is 13.0 Å². The van der Waals surface area contributed by atoms with Crippen LogP contribution < -0.4 is 9.13 Å². The van der Waals surface area contributed by atoms with Crippen molar-refractivity contribution in [2.24, 2.45) is 0 Å². The van der Waals surface area contributed by atoms with Crippen LogP contribution in [0.4, 0.5) is 0 Å². The van der Waals surface area contributed by atoms with Gasteiger partial charge in [0.05, 0.1) is 6.16 Å². The van der Waals surface area contributed by atoms with Crippen LogP contribution in [-0.4, -0.2) is 15.9 Å². The van der Waals surface area contributed by atoms with Crippen LogP contribution in [0, 0.1) is 0 Å². The molecule has 0 saturated heterocycles. The van der Waals surface area contributed by atoms with Crippen molar-refractivity contribution in [3.05, 3.63) is 73.3 Å². The fourth-order valence-corrected chi connectivity index (χ4v) is 4.01. The molecule has 6 heteroatoms. The van der Waals surface area contributed by atoms with Gasteiger partial charge in [0, 0.05) is 37.1 Å². The number of pyridine rings is 2. The molecule has 0 saturated carbocycles. The van der Waals surface area contributed by atoms with Crippen molar-refractivity contribution in [1.29, 1.82) is 0 Å². The van der Waals surface area contributed by atoms with Gasteiger partial charge in [0.1, 0.15) is 13.1 Å². The fraction of sp³-hybridized carbons (Fsp3) is 0.333. The van der Waals surface area contributed by atoms with Crippen molar-refractivity contribution in [2.45, 2.75) is 45.7 Å². The first-order chi connectivity index (χ1) is 14.4. The van der Waals surface area contributed by atoms with Crippen LogP contribution in [-0.2, 0) is 17.7 Å². The summed E-state index contributed by atoms with van der Waals surface area (Å²) < 4.78 is 15.1. The molecule has 0 aliphatic carbocycles. The Morgan fingerprint density at radius 1 is 0.667 bits per heavy atom. The first kappa shape index (κ1) is 22.4. The Morgan fingerprint density at radius 2 is 1.07 bits per heavy atom. The average molecular weight is 426 g/mol. The Hall–Kier alpha value is -2.33. The summed E-state index contributed by atoms with van der Waals surface area (Å²) in [5.41, 5.74) is 4.67. The summed E-state index contributed by atoms with van der Waals surface area (Å²) in [6.07, 6.45) is 12.3. The van der Waals surface area contributed by atoms with E-state index in [4.69, 9.17) is 9.79 Å². The maximum Gasteiger partial charge on any atom is 0.325 e. The molecule has 2 heterocycles. The molecular formula is C24H31N2O3P+2. The van der Waals surface area contributed by atoms with E-state index in [0.717, 1.165) is 17.7 Å². The highest BCUT2D eigenvalue weighted by Gasteiger charge is 2.13. The number of nitrogens with zero attached hydrogens (tertiary/aromatic N) is 2. The molecule has 158 valence electrons. The quantitative estimate of drug-likeness (QED) is 0.288. The normalized spacial score (nSPS) is 11.6. The zero-order valence-electron chi connectivity index (χ0n) is 17.5. The van der Waals surface area contributed by atoms with Crippen molar-refractivity contribution in [3.8, 4) is 22.3 Å². The molecular weight excluding hydrogens is 395 g/mol. The lowest BCUT2D eigenvalue weighted by molar-refractivity contribution is -0.697. The van der Waals surface area contributed by atoms with Crippen molar-refractivity contribution in [2.75, 3.05) is 6.16 Å². The van der Waals surface area contributed by atoms with E-state index in [1.807, 2.05) is 29.1 Å². The number of unbranched alkanes of at least 4 members (excludes halogenated alkanes) is 2. The molecule has 0 aliphatic heterocycles. The van der Waals surface area contributed by atoms with Gasteiger partial charge in [0.25, 0.3) is 0 Å². The smallest absolute Gasteiger partial charge is 0.324 e. The first-order valence-electron chi connectivity index (χ1n) is 10.6. The van der Waals surface area contributed by atoms with Gasteiger partial charge in [-0.2, -0.15) is 0 Å². The van der Waals surface area contributed by atoms with Crippen molar-refractivity contribution < 1.29 is 23.5 Å². The second-order valence-electron chi connectivity index (χ2n) is 7.68. The van der Waals surface area contributed by atoms with Crippen LogP contribution in [0.3, 0.4) is 0 Å². The minimum absolute atomic E-state index is 0.0819. The van der Waals surface area contributed by atoms with Crippen LogP contribution in [0.2, 0.25) is 0 Å². The van der Waals surface area contributed by atoms with Gasteiger partial charge in [-0.3, -0.25) is 4.57 Å². The molecule has 0 aliphatic rings. The Labute approximate surface area is 178 Å². The molecule has 0 spiro atoms. The van der Waals surface area contributed by atoms with Gasteiger partial charge in [0.15, 0.2) is 24.8 Å². The lowest BCUT2D eigenvalue weighted by atomic mass is 10.0. The SMILES string of the molecule is CCCCC[n+]1ccc(-c2ccc(-c3cc[n+](CCCP(=O)(O)O)cc3)cc2)cc1. The topological polar surface area (TPSA) is 65.3 Å². The van der Waals surface area contributed by atoms with Crippen molar-refractivity contribution in [3.63, 3.8) is 0 Å². The molecule has 0 amide bonds. The summed E-state index contributed by atoms with van der Waals surface area (Å²) in [6.45, 7) is 3.89. The second-order valence-corrected chi connectivity index (χ2v) is 9.45.